The van der Waals surface area contributed by atoms with E-state index in [1.807, 2.05) is 41.4 Å². The molecule has 178 valence electrons. The van der Waals surface area contributed by atoms with Crippen molar-refractivity contribution >= 4 is 28.8 Å². The summed E-state index contributed by atoms with van der Waals surface area (Å²) in [7, 11) is 2.09. The molecular weight excluding hydrogens is 435 g/mol. The van der Waals surface area contributed by atoms with Gasteiger partial charge in [0.15, 0.2) is 0 Å². The zero-order valence-electron chi connectivity index (χ0n) is 19.1. The van der Waals surface area contributed by atoms with Crippen LogP contribution < -0.4 is 20.9 Å². The van der Waals surface area contributed by atoms with Crippen LogP contribution in [0.25, 0.3) is 5.57 Å². The fourth-order valence-electron chi connectivity index (χ4n) is 4.78. The molecule has 2 aromatic rings. The molecule has 5 rings (SSSR count). The van der Waals surface area contributed by atoms with E-state index in [4.69, 9.17) is 0 Å². The van der Waals surface area contributed by atoms with Crippen molar-refractivity contribution in [1.82, 2.24) is 20.4 Å². The maximum absolute atomic E-state index is 13.9. The summed E-state index contributed by atoms with van der Waals surface area (Å²) in [4.78, 5) is 31.6. The van der Waals surface area contributed by atoms with Crippen molar-refractivity contribution in [2.45, 2.75) is 6.17 Å². The fraction of sp³-hybridized carbons (Fsp3) is 0.360. The van der Waals surface area contributed by atoms with Crippen LogP contribution in [0.2, 0.25) is 0 Å². The molecule has 0 radical (unpaired) electrons. The average molecular weight is 465 g/mol. The third kappa shape index (κ3) is 4.68. The Bertz CT molecular complexity index is 1100. The number of nitrogens with zero attached hydrogens (tertiary/aromatic N) is 3. The first-order valence-corrected chi connectivity index (χ1v) is 11.6. The molecule has 0 bridgehead atoms. The standard InChI is InChI=1S/C25H29FN6O2/c1-30-9-11-31(12-10-30)15-22(33)29-19-7-5-17(6-8-19)21-14-32(20-4-2-3-18(26)13-20)24-23(21)25(34)28-16-27-24/h2-8,13-14,23-24,27H,9-12,15-16H2,1H3,(H,28,34)(H,29,33). The first-order valence-electron chi connectivity index (χ1n) is 11.6. The van der Waals surface area contributed by atoms with E-state index in [1.165, 1.54) is 12.1 Å². The molecule has 0 saturated carbocycles. The second-order valence-electron chi connectivity index (χ2n) is 9.02. The highest BCUT2D eigenvalue weighted by atomic mass is 19.1. The second-order valence-corrected chi connectivity index (χ2v) is 9.02. The summed E-state index contributed by atoms with van der Waals surface area (Å²) in [6, 6.07) is 13.9. The highest BCUT2D eigenvalue weighted by molar-refractivity contribution is 5.97. The number of halogens is 1. The number of fused-ring (bicyclic) bond motifs is 1. The Morgan fingerprint density at radius 1 is 1.12 bits per heavy atom. The summed E-state index contributed by atoms with van der Waals surface area (Å²) in [6.07, 6.45) is 1.61. The smallest absolute Gasteiger partial charge is 0.238 e. The molecule has 3 heterocycles. The minimum Gasteiger partial charge on any atom is -0.343 e. The predicted octanol–water partition coefficient (Wildman–Crippen LogP) is 1.49. The maximum Gasteiger partial charge on any atom is 0.238 e. The van der Waals surface area contributed by atoms with Crippen LogP contribution >= 0.6 is 0 Å². The van der Waals surface area contributed by atoms with Crippen LogP contribution in [0.3, 0.4) is 0 Å². The number of amides is 2. The number of carbonyl (C=O) groups excluding carboxylic acids is 2. The van der Waals surface area contributed by atoms with E-state index in [0.717, 1.165) is 37.3 Å². The number of benzene rings is 2. The molecule has 9 heteroatoms. The summed E-state index contributed by atoms with van der Waals surface area (Å²) in [5, 5.41) is 9.14. The van der Waals surface area contributed by atoms with Crippen LogP contribution in [0.4, 0.5) is 15.8 Å². The van der Waals surface area contributed by atoms with E-state index >= 15 is 0 Å². The molecule has 2 fully saturated rings. The lowest BCUT2D eigenvalue weighted by Crippen LogP contribution is -2.58. The van der Waals surface area contributed by atoms with Gasteiger partial charge >= 0.3 is 0 Å². The monoisotopic (exact) mass is 464 g/mol. The van der Waals surface area contributed by atoms with E-state index in [2.05, 4.69) is 32.8 Å². The van der Waals surface area contributed by atoms with Crippen LogP contribution in [0.5, 0.6) is 0 Å². The number of hydrogen-bond donors (Lipinski definition) is 3. The summed E-state index contributed by atoms with van der Waals surface area (Å²) in [6.45, 7) is 4.43. The maximum atomic E-state index is 13.9. The van der Waals surface area contributed by atoms with Gasteiger partial charge in [-0.15, -0.1) is 0 Å². The molecule has 0 aliphatic carbocycles. The van der Waals surface area contributed by atoms with Gasteiger partial charge in [0.2, 0.25) is 11.8 Å². The Hall–Kier alpha value is -3.27. The first-order chi connectivity index (χ1) is 16.5. The minimum absolute atomic E-state index is 0.0365. The topological polar surface area (TPSA) is 80.0 Å². The molecule has 2 atom stereocenters. The molecule has 34 heavy (non-hydrogen) atoms. The van der Waals surface area contributed by atoms with Crippen molar-refractivity contribution in [3.05, 3.63) is 66.1 Å². The van der Waals surface area contributed by atoms with E-state index in [-0.39, 0.29) is 23.8 Å². The summed E-state index contributed by atoms with van der Waals surface area (Å²) < 4.78 is 13.9. The van der Waals surface area contributed by atoms with Crippen molar-refractivity contribution < 1.29 is 14.0 Å². The van der Waals surface area contributed by atoms with E-state index in [9.17, 15) is 14.0 Å². The Kier molecular flexibility index (Phi) is 6.32. The van der Waals surface area contributed by atoms with Gasteiger partial charge in [-0.25, -0.2) is 4.39 Å². The highest BCUT2D eigenvalue weighted by Gasteiger charge is 2.43. The molecule has 3 aliphatic rings. The molecule has 2 amide bonds. The fourth-order valence-corrected chi connectivity index (χ4v) is 4.78. The van der Waals surface area contributed by atoms with Gasteiger partial charge < -0.3 is 20.4 Å². The number of rotatable bonds is 5. The van der Waals surface area contributed by atoms with E-state index in [1.54, 1.807) is 6.07 Å². The van der Waals surface area contributed by atoms with Gasteiger partial charge in [-0.2, -0.15) is 0 Å². The Morgan fingerprint density at radius 3 is 2.62 bits per heavy atom. The second kappa shape index (κ2) is 9.54. The van der Waals surface area contributed by atoms with Crippen LogP contribution in [0, 0.1) is 11.7 Å². The Labute approximate surface area is 198 Å². The van der Waals surface area contributed by atoms with E-state index < -0.39 is 5.92 Å². The lowest BCUT2D eigenvalue weighted by molar-refractivity contribution is -0.125. The number of piperazine rings is 1. The number of carbonyl (C=O) groups is 2. The molecule has 3 aliphatic heterocycles. The molecule has 2 aromatic carbocycles. The first kappa shape index (κ1) is 22.5. The minimum atomic E-state index is -0.435. The number of anilines is 2. The molecule has 2 saturated heterocycles. The quantitative estimate of drug-likeness (QED) is 0.623. The predicted molar refractivity (Wildman–Crippen MR) is 129 cm³/mol. The van der Waals surface area contributed by atoms with Gasteiger partial charge in [0.05, 0.1) is 19.1 Å². The SMILES string of the molecule is CN1CCN(CC(=O)Nc2ccc(C3=CN(c4cccc(F)c4)C4NCNC(=O)C34)cc2)CC1. The number of hydrogen-bond acceptors (Lipinski definition) is 6. The third-order valence-electron chi connectivity index (χ3n) is 6.66. The molecule has 2 unspecified atom stereocenters. The van der Waals surface area contributed by atoms with Gasteiger partial charge in [0, 0.05) is 43.8 Å². The van der Waals surface area contributed by atoms with Crippen LogP contribution in [-0.2, 0) is 9.59 Å². The van der Waals surface area contributed by atoms with Crippen LogP contribution in [-0.4, -0.2) is 74.2 Å². The van der Waals surface area contributed by atoms with Gasteiger partial charge in [-0.3, -0.25) is 19.8 Å². The Morgan fingerprint density at radius 2 is 1.88 bits per heavy atom. The Balaban J connectivity index is 1.31. The molecule has 0 aromatic heterocycles. The van der Waals surface area contributed by atoms with Crippen molar-refractivity contribution in [3.8, 4) is 0 Å². The lowest BCUT2D eigenvalue weighted by atomic mass is 9.91. The molecule has 8 nitrogen and oxygen atoms in total. The van der Waals surface area contributed by atoms with Crippen molar-refractivity contribution in [2.75, 3.05) is 56.7 Å². The zero-order valence-corrected chi connectivity index (χ0v) is 19.1. The van der Waals surface area contributed by atoms with Gasteiger partial charge in [-0.05, 0) is 48.5 Å². The van der Waals surface area contributed by atoms with Gasteiger partial charge in [0.25, 0.3) is 0 Å². The molecular formula is C25H29FN6O2. The molecule has 0 spiro atoms. The summed E-state index contributed by atoms with van der Waals surface area (Å²) in [5.41, 5.74) is 3.12. The number of nitrogens with one attached hydrogen (secondary N) is 3. The highest BCUT2D eigenvalue weighted by Crippen LogP contribution is 2.38. The normalized spacial score (nSPS) is 23.3. The van der Waals surface area contributed by atoms with Crippen molar-refractivity contribution in [2.24, 2.45) is 5.92 Å². The van der Waals surface area contributed by atoms with Crippen LogP contribution in [0.15, 0.2) is 54.7 Å². The molecule has 3 N–H and O–H groups in total. The summed E-state index contributed by atoms with van der Waals surface area (Å²) >= 11 is 0. The lowest BCUT2D eigenvalue weighted by Gasteiger charge is -2.34. The number of likely N-dealkylation sites (N-methyl/N-ethyl adjacent to an activating group) is 1. The largest absolute Gasteiger partial charge is 0.343 e. The third-order valence-corrected chi connectivity index (χ3v) is 6.66. The van der Waals surface area contributed by atoms with Gasteiger partial charge in [0.1, 0.15) is 12.0 Å². The average Bonchev–Trinajstić information content (AvgIpc) is 3.22. The van der Waals surface area contributed by atoms with E-state index in [0.29, 0.717) is 24.6 Å². The van der Waals surface area contributed by atoms with Crippen molar-refractivity contribution in [3.63, 3.8) is 0 Å². The van der Waals surface area contributed by atoms with Gasteiger partial charge in [-0.1, -0.05) is 18.2 Å². The van der Waals surface area contributed by atoms with Crippen molar-refractivity contribution in [1.29, 1.82) is 0 Å². The summed E-state index contributed by atoms with van der Waals surface area (Å²) in [5.74, 6) is -0.869. The zero-order chi connectivity index (χ0) is 23.7. The van der Waals surface area contributed by atoms with Crippen LogP contribution in [0.1, 0.15) is 5.56 Å².